The van der Waals surface area contributed by atoms with Gasteiger partial charge in [0.15, 0.2) is 0 Å². The number of aryl methyl sites for hydroxylation is 3. The zero-order valence-corrected chi connectivity index (χ0v) is 14.3. The van der Waals surface area contributed by atoms with Crippen LogP contribution in [0.25, 0.3) is 0 Å². The molecule has 3 heteroatoms. The predicted octanol–water partition coefficient (Wildman–Crippen LogP) is 4.44. The third kappa shape index (κ3) is 4.58. The van der Waals surface area contributed by atoms with Gasteiger partial charge in [0.25, 0.3) is 0 Å². The molecule has 0 fully saturated rings. The predicted molar refractivity (Wildman–Crippen MR) is 94.8 cm³/mol. The minimum Gasteiger partial charge on any atom is -0.381 e. The summed E-state index contributed by atoms with van der Waals surface area (Å²) in [5.74, 6) is 0. The van der Waals surface area contributed by atoms with Gasteiger partial charge in [-0.25, -0.2) is 0 Å². The van der Waals surface area contributed by atoms with E-state index < -0.39 is 0 Å². The van der Waals surface area contributed by atoms with Gasteiger partial charge in [-0.15, -0.1) is 0 Å². The molecule has 21 heavy (non-hydrogen) atoms. The fraction of sp³-hybridized carbons (Fsp3) is 0.333. The van der Waals surface area contributed by atoms with E-state index in [9.17, 15) is 0 Å². The molecular weight excluding hydrogens is 324 g/mol. The number of benzene rings is 2. The van der Waals surface area contributed by atoms with Gasteiger partial charge in [0.2, 0.25) is 0 Å². The molecule has 1 atom stereocenters. The van der Waals surface area contributed by atoms with Gasteiger partial charge in [0.1, 0.15) is 0 Å². The molecule has 2 aromatic rings. The van der Waals surface area contributed by atoms with Crippen molar-refractivity contribution in [3.63, 3.8) is 0 Å². The number of rotatable bonds is 6. The summed E-state index contributed by atoms with van der Waals surface area (Å²) in [6.07, 6.45) is 2.08. The Morgan fingerprint density at radius 1 is 1.10 bits per heavy atom. The maximum absolute atomic E-state index is 5.92. The second-order valence-corrected chi connectivity index (χ2v) is 6.32. The molecule has 3 N–H and O–H groups in total. The summed E-state index contributed by atoms with van der Waals surface area (Å²) < 4.78 is 1.18. The van der Waals surface area contributed by atoms with Crippen LogP contribution in [0, 0.1) is 13.8 Å². The summed E-state index contributed by atoms with van der Waals surface area (Å²) in [5.41, 5.74) is 10.9. The van der Waals surface area contributed by atoms with Crippen LogP contribution in [0.1, 0.15) is 23.1 Å². The third-order valence-corrected chi connectivity index (χ3v) is 4.97. The zero-order chi connectivity index (χ0) is 15.2. The Kier molecular flexibility index (Phi) is 5.83. The SMILES string of the molecule is Cc1cc(NC(CN)CCc2ccccc2)cc(C)c1Br. The molecule has 0 saturated carbocycles. The molecule has 0 aliphatic carbocycles. The van der Waals surface area contributed by atoms with Crippen LogP contribution in [0.15, 0.2) is 46.9 Å². The van der Waals surface area contributed by atoms with Gasteiger partial charge in [-0.1, -0.05) is 46.3 Å². The largest absolute Gasteiger partial charge is 0.381 e. The Labute approximate surface area is 135 Å². The van der Waals surface area contributed by atoms with Crippen molar-refractivity contribution in [2.75, 3.05) is 11.9 Å². The lowest BCUT2D eigenvalue weighted by Gasteiger charge is -2.19. The van der Waals surface area contributed by atoms with Crippen LogP contribution in [-0.2, 0) is 6.42 Å². The summed E-state index contributed by atoms with van der Waals surface area (Å²) in [7, 11) is 0. The smallest absolute Gasteiger partial charge is 0.0386 e. The highest BCUT2D eigenvalue weighted by Gasteiger charge is 2.09. The van der Waals surface area contributed by atoms with Crippen molar-refractivity contribution in [3.05, 3.63) is 63.6 Å². The van der Waals surface area contributed by atoms with E-state index in [1.807, 2.05) is 0 Å². The molecule has 0 saturated heterocycles. The summed E-state index contributed by atoms with van der Waals surface area (Å²) in [5, 5.41) is 3.56. The first-order chi connectivity index (χ1) is 10.1. The number of nitrogens with two attached hydrogens (primary N) is 1. The topological polar surface area (TPSA) is 38.0 Å². The van der Waals surface area contributed by atoms with Gasteiger partial charge in [-0.2, -0.15) is 0 Å². The maximum atomic E-state index is 5.92. The lowest BCUT2D eigenvalue weighted by molar-refractivity contribution is 0.660. The van der Waals surface area contributed by atoms with Crippen molar-refractivity contribution in [2.24, 2.45) is 5.73 Å². The van der Waals surface area contributed by atoms with Crippen LogP contribution in [0.2, 0.25) is 0 Å². The van der Waals surface area contributed by atoms with Crippen LogP contribution >= 0.6 is 15.9 Å². The minimum atomic E-state index is 0.296. The molecule has 0 spiro atoms. The standard InChI is InChI=1S/C18H23BrN2/c1-13-10-17(11-14(2)18(13)19)21-16(12-20)9-8-15-6-4-3-5-7-15/h3-7,10-11,16,21H,8-9,12,20H2,1-2H3. The third-order valence-electron chi connectivity index (χ3n) is 3.72. The first-order valence-electron chi connectivity index (χ1n) is 7.37. The molecule has 0 aromatic heterocycles. The normalized spacial score (nSPS) is 12.2. The van der Waals surface area contributed by atoms with E-state index in [1.165, 1.54) is 21.2 Å². The van der Waals surface area contributed by atoms with Crippen LogP contribution in [0.5, 0.6) is 0 Å². The first kappa shape index (κ1) is 16.1. The molecule has 0 bridgehead atoms. The summed E-state index contributed by atoms with van der Waals surface area (Å²) >= 11 is 3.61. The van der Waals surface area contributed by atoms with Gasteiger partial charge in [0, 0.05) is 22.7 Å². The lowest BCUT2D eigenvalue weighted by Crippen LogP contribution is -2.29. The lowest BCUT2D eigenvalue weighted by atomic mass is 10.0. The summed E-state index contributed by atoms with van der Waals surface area (Å²) in [6.45, 7) is 4.87. The Bertz CT molecular complexity index is 558. The Balaban J connectivity index is 1.99. The van der Waals surface area contributed by atoms with Crippen molar-refractivity contribution < 1.29 is 0 Å². The van der Waals surface area contributed by atoms with Gasteiger partial charge >= 0.3 is 0 Å². The number of anilines is 1. The number of nitrogens with one attached hydrogen (secondary N) is 1. The maximum Gasteiger partial charge on any atom is 0.0386 e. The molecule has 0 heterocycles. The monoisotopic (exact) mass is 346 g/mol. The van der Waals surface area contributed by atoms with Crippen LogP contribution in [0.4, 0.5) is 5.69 Å². The van der Waals surface area contributed by atoms with Crippen molar-refractivity contribution in [2.45, 2.75) is 32.7 Å². The molecule has 0 aliphatic rings. The zero-order valence-electron chi connectivity index (χ0n) is 12.7. The van der Waals surface area contributed by atoms with E-state index in [2.05, 4.69) is 77.6 Å². The van der Waals surface area contributed by atoms with Crippen LogP contribution in [-0.4, -0.2) is 12.6 Å². The summed E-state index contributed by atoms with van der Waals surface area (Å²) in [4.78, 5) is 0. The highest BCUT2D eigenvalue weighted by Crippen LogP contribution is 2.25. The quantitative estimate of drug-likeness (QED) is 0.811. The Morgan fingerprint density at radius 3 is 2.29 bits per heavy atom. The van der Waals surface area contributed by atoms with Gasteiger partial charge in [0.05, 0.1) is 0 Å². The number of hydrogen-bond donors (Lipinski definition) is 2. The number of halogens is 1. The van der Waals surface area contributed by atoms with E-state index in [4.69, 9.17) is 5.73 Å². The van der Waals surface area contributed by atoms with E-state index in [1.54, 1.807) is 0 Å². The van der Waals surface area contributed by atoms with Crippen molar-refractivity contribution in [3.8, 4) is 0 Å². The van der Waals surface area contributed by atoms with Gasteiger partial charge in [-0.3, -0.25) is 0 Å². The first-order valence-corrected chi connectivity index (χ1v) is 8.16. The molecule has 0 aliphatic heterocycles. The number of hydrogen-bond acceptors (Lipinski definition) is 2. The van der Waals surface area contributed by atoms with E-state index in [0.29, 0.717) is 12.6 Å². The molecule has 0 radical (unpaired) electrons. The van der Waals surface area contributed by atoms with Gasteiger partial charge in [-0.05, 0) is 55.5 Å². The fourth-order valence-corrected chi connectivity index (χ4v) is 2.73. The second kappa shape index (κ2) is 7.62. The second-order valence-electron chi connectivity index (χ2n) is 5.53. The van der Waals surface area contributed by atoms with Crippen molar-refractivity contribution in [1.82, 2.24) is 0 Å². The minimum absolute atomic E-state index is 0.296. The summed E-state index contributed by atoms with van der Waals surface area (Å²) in [6, 6.07) is 15.2. The van der Waals surface area contributed by atoms with E-state index in [0.717, 1.165) is 18.5 Å². The molecule has 2 nitrogen and oxygen atoms in total. The molecule has 0 amide bonds. The van der Waals surface area contributed by atoms with E-state index in [-0.39, 0.29) is 0 Å². The Hall–Kier alpha value is -1.32. The fourth-order valence-electron chi connectivity index (χ4n) is 2.50. The van der Waals surface area contributed by atoms with Crippen LogP contribution < -0.4 is 11.1 Å². The molecule has 2 rings (SSSR count). The average Bonchev–Trinajstić information content (AvgIpc) is 2.50. The molecule has 1 unspecified atom stereocenters. The van der Waals surface area contributed by atoms with Gasteiger partial charge < -0.3 is 11.1 Å². The molecule has 2 aromatic carbocycles. The highest BCUT2D eigenvalue weighted by molar-refractivity contribution is 9.10. The average molecular weight is 347 g/mol. The molecular formula is C18H23BrN2. The van der Waals surface area contributed by atoms with Crippen LogP contribution in [0.3, 0.4) is 0 Å². The Morgan fingerprint density at radius 2 is 1.71 bits per heavy atom. The van der Waals surface area contributed by atoms with E-state index >= 15 is 0 Å². The van der Waals surface area contributed by atoms with Crippen molar-refractivity contribution >= 4 is 21.6 Å². The molecule has 112 valence electrons. The van der Waals surface area contributed by atoms with Crippen molar-refractivity contribution in [1.29, 1.82) is 0 Å². The highest BCUT2D eigenvalue weighted by atomic mass is 79.9.